The zero-order chi connectivity index (χ0) is 15.1. The molecule has 2 atom stereocenters. The average Bonchev–Trinajstić information content (AvgIpc) is 2.64. The molecule has 21 heavy (non-hydrogen) atoms. The molecule has 1 heterocycles. The summed E-state index contributed by atoms with van der Waals surface area (Å²) in [4.78, 5) is 0. The third kappa shape index (κ3) is 2.48. The Kier molecular flexibility index (Phi) is 3.35. The van der Waals surface area contributed by atoms with Gasteiger partial charge in [0.15, 0.2) is 0 Å². The van der Waals surface area contributed by atoms with Gasteiger partial charge in [-0.25, -0.2) is 16.8 Å². The van der Waals surface area contributed by atoms with Crippen molar-refractivity contribution in [1.29, 1.82) is 0 Å². The van der Waals surface area contributed by atoms with Gasteiger partial charge < -0.3 is 0 Å². The lowest BCUT2D eigenvalue weighted by atomic mass is 10.0. The van der Waals surface area contributed by atoms with Crippen LogP contribution >= 0.6 is 0 Å². The normalized spacial score (nSPS) is 26.5. The van der Waals surface area contributed by atoms with E-state index in [0.717, 1.165) is 0 Å². The van der Waals surface area contributed by atoms with E-state index in [1.807, 2.05) is 4.13 Å². The van der Waals surface area contributed by atoms with Gasteiger partial charge in [0.05, 0.1) is 0 Å². The molecule has 2 aromatic rings. The van der Waals surface area contributed by atoms with Crippen LogP contribution in [0.25, 0.3) is 0 Å². The Balaban J connectivity index is 2.23. The third-order valence-electron chi connectivity index (χ3n) is 3.43. The molecule has 0 bridgehead atoms. The van der Waals surface area contributed by atoms with Gasteiger partial charge in [0.25, 0.3) is 0 Å². The summed E-state index contributed by atoms with van der Waals surface area (Å²) in [6.07, 6.45) is 0. The van der Waals surface area contributed by atoms with E-state index in [1.54, 1.807) is 60.7 Å². The van der Waals surface area contributed by atoms with Crippen LogP contribution in [0.15, 0.2) is 60.7 Å². The number of sulfonamides is 2. The molecule has 5 nitrogen and oxygen atoms in total. The maximum absolute atomic E-state index is 12.3. The van der Waals surface area contributed by atoms with Gasteiger partial charge in [-0.15, -0.1) is 4.13 Å². The van der Waals surface area contributed by atoms with E-state index >= 15 is 0 Å². The lowest BCUT2D eigenvalue weighted by Crippen LogP contribution is -2.22. The molecule has 1 aliphatic heterocycles. The van der Waals surface area contributed by atoms with Gasteiger partial charge in [-0.3, -0.25) is 0 Å². The minimum atomic E-state index is -3.98. The maximum atomic E-state index is 12.3. The average molecular weight is 323 g/mol. The lowest BCUT2D eigenvalue weighted by Gasteiger charge is -2.16. The summed E-state index contributed by atoms with van der Waals surface area (Å²) in [5.41, 5.74) is 0.917. The van der Waals surface area contributed by atoms with Gasteiger partial charge in [-0.2, -0.15) is 0 Å². The first-order valence-corrected chi connectivity index (χ1v) is 9.37. The van der Waals surface area contributed by atoms with Crippen molar-refractivity contribution < 1.29 is 16.8 Å². The van der Waals surface area contributed by atoms with Crippen LogP contribution in [-0.4, -0.2) is 16.8 Å². The predicted octanol–water partition coefficient (Wildman–Crippen LogP) is 1.73. The van der Waals surface area contributed by atoms with Gasteiger partial charge in [-0.05, 0) is 11.1 Å². The zero-order valence-electron chi connectivity index (χ0n) is 10.9. The Morgan fingerprint density at radius 1 is 0.619 bits per heavy atom. The molecule has 2 aromatic carbocycles. The second kappa shape index (κ2) is 4.94. The molecule has 0 aromatic heterocycles. The van der Waals surface area contributed by atoms with Gasteiger partial charge in [0.2, 0.25) is 20.0 Å². The van der Waals surface area contributed by atoms with Crippen molar-refractivity contribution in [1.82, 2.24) is 4.13 Å². The van der Waals surface area contributed by atoms with Crippen LogP contribution in [0.1, 0.15) is 21.6 Å². The first-order valence-electron chi connectivity index (χ1n) is 6.28. The zero-order valence-corrected chi connectivity index (χ0v) is 12.5. The van der Waals surface area contributed by atoms with Gasteiger partial charge >= 0.3 is 0 Å². The fourth-order valence-electron chi connectivity index (χ4n) is 2.58. The van der Waals surface area contributed by atoms with E-state index in [9.17, 15) is 16.8 Å². The molecule has 3 rings (SSSR count). The van der Waals surface area contributed by atoms with Crippen LogP contribution in [0.4, 0.5) is 0 Å². The molecule has 1 N–H and O–H groups in total. The summed E-state index contributed by atoms with van der Waals surface area (Å²) >= 11 is 0. The first kappa shape index (κ1) is 14.2. The van der Waals surface area contributed by atoms with Crippen LogP contribution in [0, 0.1) is 0 Å². The van der Waals surface area contributed by atoms with Gasteiger partial charge in [0, 0.05) is 0 Å². The summed E-state index contributed by atoms with van der Waals surface area (Å²) < 4.78 is 50.9. The molecule has 7 heteroatoms. The second-order valence-electron chi connectivity index (χ2n) is 4.84. The molecule has 110 valence electrons. The Morgan fingerprint density at radius 2 is 0.952 bits per heavy atom. The van der Waals surface area contributed by atoms with Gasteiger partial charge in [-0.1, -0.05) is 60.7 Å². The van der Waals surface area contributed by atoms with E-state index < -0.39 is 30.5 Å². The molecule has 0 saturated carbocycles. The third-order valence-corrected chi connectivity index (χ3v) is 7.89. The Labute approximate surface area is 123 Å². The summed E-state index contributed by atoms with van der Waals surface area (Å²) in [6, 6.07) is 16.8. The molecule has 1 aliphatic rings. The standard InChI is InChI=1S/C14H13NO4S2/c16-20(17)13(11-7-3-1-4-8-11)14(21(18,19)15-20)12-9-5-2-6-10-12/h1-10,13-15H/t13-,14-/m0/s1. The lowest BCUT2D eigenvalue weighted by molar-refractivity contribution is 0.580. The summed E-state index contributed by atoms with van der Waals surface area (Å²) in [7, 11) is -7.97. The number of benzene rings is 2. The van der Waals surface area contributed by atoms with Gasteiger partial charge in [0.1, 0.15) is 10.5 Å². The quantitative estimate of drug-likeness (QED) is 0.913. The van der Waals surface area contributed by atoms with E-state index in [4.69, 9.17) is 0 Å². The van der Waals surface area contributed by atoms with Crippen LogP contribution in [0.2, 0.25) is 0 Å². The summed E-state index contributed by atoms with van der Waals surface area (Å²) in [6.45, 7) is 0. The molecule has 0 spiro atoms. The van der Waals surface area contributed by atoms with Crippen molar-refractivity contribution in [3.05, 3.63) is 71.8 Å². The largest absolute Gasteiger partial charge is 0.233 e. The number of hydrogen-bond donors (Lipinski definition) is 1. The van der Waals surface area contributed by atoms with Crippen LogP contribution < -0.4 is 4.13 Å². The molecular weight excluding hydrogens is 310 g/mol. The van der Waals surface area contributed by atoms with Crippen molar-refractivity contribution in [2.24, 2.45) is 0 Å². The number of hydrogen-bond acceptors (Lipinski definition) is 4. The minimum Gasteiger partial charge on any atom is -0.211 e. The second-order valence-corrected chi connectivity index (χ2v) is 8.70. The van der Waals surface area contributed by atoms with E-state index in [-0.39, 0.29) is 0 Å². The maximum Gasteiger partial charge on any atom is 0.233 e. The van der Waals surface area contributed by atoms with Crippen molar-refractivity contribution in [2.75, 3.05) is 0 Å². The SMILES string of the molecule is O=S1(=O)NS(=O)(=O)[C@@H](c2ccccc2)[C@@H]1c1ccccc1. The van der Waals surface area contributed by atoms with Crippen LogP contribution in [0.5, 0.6) is 0 Å². The monoisotopic (exact) mass is 323 g/mol. The van der Waals surface area contributed by atoms with Crippen molar-refractivity contribution in [3.8, 4) is 0 Å². The fourth-order valence-corrected chi connectivity index (χ4v) is 7.58. The topological polar surface area (TPSA) is 80.3 Å². The summed E-state index contributed by atoms with van der Waals surface area (Å²) in [5.74, 6) is 0. The van der Waals surface area contributed by atoms with E-state index in [2.05, 4.69) is 0 Å². The fraction of sp³-hybridized carbons (Fsp3) is 0.143. The molecule has 1 saturated heterocycles. The molecule has 0 unspecified atom stereocenters. The molecule has 0 amide bonds. The van der Waals surface area contributed by atoms with E-state index in [0.29, 0.717) is 11.1 Å². The highest BCUT2D eigenvalue weighted by Crippen LogP contribution is 2.45. The molecular formula is C14H13NO4S2. The molecule has 1 fully saturated rings. The number of nitrogens with one attached hydrogen (secondary N) is 1. The molecule has 0 aliphatic carbocycles. The molecule has 0 radical (unpaired) electrons. The number of rotatable bonds is 2. The summed E-state index contributed by atoms with van der Waals surface area (Å²) in [5, 5.41) is -2.29. The smallest absolute Gasteiger partial charge is 0.211 e. The van der Waals surface area contributed by atoms with Crippen LogP contribution in [-0.2, 0) is 20.0 Å². The van der Waals surface area contributed by atoms with Crippen molar-refractivity contribution >= 4 is 20.0 Å². The highest BCUT2D eigenvalue weighted by molar-refractivity contribution is 8.08. The Morgan fingerprint density at radius 3 is 1.29 bits per heavy atom. The van der Waals surface area contributed by atoms with E-state index in [1.165, 1.54) is 0 Å². The van der Waals surface area contributed by atoms with Crippen molar-refractivity contribution in [2.45, 2.75) is 10.5 Å². The van der Waals surface area contributed by atoms with Crippen molar-refractivity contribution in [3.63, 3.8) is 0 Å². The predicted molar refractivity (Wildman–Crippen MR) is 79.3 cm³/mol. The highest BCUT2D eigenvalue weighted by Gasteiger charge is 2.52. The Bertz CT molecular complexity index is 773. The minimum absolute atomic E-state index is 0.458. The van der Waals surface area contributed by atoms with Crippen LogP contribution in [0.3, 0.4) is 0 Å². The first-order chi connectivity index (χ1) is 9.92. The highest BCUT2D eigenvalue weighted by atomic mass is 32.3. The Hall–Kier alpha value is -1.70.